The van der Waals surface area contributed by atoms with Gasteiger partial charge in [0, 0.05) is 11.5 Å². The molecule has 0 N–H and O–H groups in total. The first-order valence-electron chi connectivity index (χ1n) is 9.15. The summed E-state index contributed by atoms with van der Waals surface area (Å²) in [6.07, 6.45) is 7.04. The topological polar surface area (TPSA) is 29.5 Å². The molecule has 3 atom stereocenters. The molecule has 0 amide bonds. The zero-order valence-corrected chi connectivity index (χ0v) is 15.7. The zero-order chi connectivity index (χ0) is 16.3. The predicted octanol–water partition coefficient (Wildman–Crippen LogP) is 4.70. The Bertz CT molecular complexity index is 534. The largest absolute Gasteiger partial charge is 0.458 e. The minimum absolute atomic E-state index is 0. The van der Waals surface area contributed by atoms with Crippen molar-refractivity contribution >= 4 is 18.4 Å². The Balaban J connectivity index is 0.00000208. The van der Waals surface area contributed by atoms with Gasteiger partial charge in [0.2, 0.25) is 0 Å². The Hall–Kier alpha value is -1.06. The third-order valence-corrected chi connectivity index (χ3v) is 5.81. The fourth-order valence-corrected chi connectivity index (χ4v) is 4.64. The second kappa shape index (κ2) is 8.35. The number of piperidine rings is 1. The molecule has 0 aromatic heterocycles. The molecular weight excluding hydrogens is 322 g/mol. The first-order valence-corrected chi connectivity index (χ1v) is 9.15. The summed E-state index contributed by atoms with van der Waals surface area (Å²) in [6, 6.07) is 9.97. The van der Waals surface area contributed by atoms with Crippen molar-refractivity contribution in [1.29, 1.82) is 0 Å². The van der Waals surface area contributed by atoms with E-state index < -0.39 is 0 Å². The van der Waals surface area contributed by atoms with E-state index in [0.717, 1.165) is 12.8 Å². The lowest BCUT2D eigenvalue weighted by Crippen LogP contribution is -2.58. The first-order chi connectivity index (χ1) is 11.1. The van der Waals surface area contributed by atoms with E-state index in [9.17, 15) is 4.79 Å². The van der Waals surface area contributed by atoms with E-state index in [2.05, 4.69) is 18.7 Å². The molecule has 1 aromatic rings. The number of fused-ring (bicyclic) bond motifs is 1. The van der Waals surface area contributed by atoms with E-state index in [4.69, 9.17) is 4.74 Å². The van der Waals surface area contributed by atoms with Crippen molar-refractivity contribution < 1.29 is 9.53 Å². The lowest BCUT2D eigenvalue weighted by atomic mass is 9.64. The van der Waals surface area contributed by atoms with E-state index in [1.165, 1.54) is 38.8 Å². The van der Waals surface area contributed by atoms with Gasteiger partial charge in [-0.1, -0.05) is 32.0 Å². The summed E-state index contributed by atoms with van der Waals surface area (Å²) in [5, 5.41) is 0. The third kappa shape index (κ3) is 3.78. The maximum atomic E-state index is 12.5. The number of carbonyl (C=O) groups excluding carboxylic acids is 1. The van der Waals surface area contributed by atoms with Crippen LogP contribution < -0.4 is 0 Å². The van der Waals surface area contributed by atoms with E-state index >= 15 is 0 Å². The minimum Gasteiger partial charge on any atom is -0.458 e. The number of ether oxygens (including phenoxy) is 1. The van der Waals surface area contributed by atoms with Crippen LogP contribution in [0.2, 0.25) is 0 Å². The average molecular weight is 352 g/mol. The minimum atomic E-state index is -0.162. The second-order valence-electron chi connectivity index (χ2n) is 7.35. The molecule has 24 heavy (non-hydrogen) atoms. The van der Waals surface area contributed by atoms with E-state index in [1.54, 1.807) is 0 Å². The molecule has 3 rings (SSSR count). The van der Waals surface area contributed by atoms with Gasteiger partial charge in [0.15, 0.2) is 0 Å². The van der Waals surface area contributed by atoms with Crippen LogP contribution in [0.4, 0.5) is 0 Å². The smallest absolute Gasteiger partial charge is 0.338 e. The molecule has 1 aromatic carbocycles. The van der Waals surface area contributed by atoms with Gasteiger partial charge in [0.05, 0.1) is 5.56 Å². The molecule has 0 radical (unpaired) electrons. The van der Waals surface area contributed by atoms with Crippen LogP contribution in [0.1, 0.15) is 62.7 Å². The summed E-state index contributed by atoms with van der Waals surface area (Å²) in [5.41, 5.74) is 0.773. The highest BCUT2D eigenvalue weighted by atomic mass is 35.5. The van der Waals surface area contributed by atoms with Crippen LogP contribution in [0.25, 0.3) is 0 Å². The normalized spacial score (nSPS) is 30.1. The van der Waals surface area contributed by atoms with E-state index in [-0.39, 0.29) is 29.9 Å². The van der Waals surface area contributed by atoms with Gasteiger partial charge in [0.1, 0.15) is 6.10 Å². The fraction of sp³-hybridized carbons (Fsp3) is 0.650. The average Bonchev–Trinajstić information content (AvgIpc) is 2.57. The van der Waals surface area contributed by atoms with Crippen molar-refractivity contribution in [2.75, 3.05) is 13.1 Å². The predicted molar refractivity (Wildman–Crippen MR) is 99.7 cm³/mol. The van der Waals surface area contributed by atoms with Gasteiger partial charge in [-0.05, 0) is 63.7 Å². The number of halogens is 1. The lowest BCUT2D eigenvalue weighted by Gasteiger charge is -2.54. The standard InChI is InChI=1S/C20H29NO2.ClH/c1-3-14-21-15-8-13-20(2)17(21)11-7-12-18(20)23-19(22)16-9-5-4-6-10-16;/h4-6,9-10,17-18H,3,7-8,11-15H2,1-2H3;1H. The number of hydrogen-bond acceptors (Lipinski definition) is 3. The number of benzene rings is 1. The third-order valence-electron chi connectivity index (χ3n) is 5.81. The molecule has 1 saturated heterocycles. The Labute approximate surface area is 152 Å². The van der Waals surface area contributed by atoms with Crippen LogP contribution >= 0.6 is 12.4 Å². The molecular formula is C20H30ClNO2. The lowest BCUT2D eigenvalue weighted by molar-refractivity contribution is -0.101. The monoisotopic (exact) mass is 351 g/mol. The summed E-state index contributed by atoms with van der Waals surface area (Å²) in [7, 11) is 0. The number of nitrogens with zero attached hydrogens (tertiary/aromatic N) is 1. The van der Waals surface area contributed by atoms with Crippen molar-refractivity contribution in [3.8, 4) is 0 Å². The van der Waals surface area contributed by atoms with Gasteiger partial charge >= 0.3 is 5.97 Å². The number of hydrogen-bond donors (Lipinski definition) is 0. The Kier molecular flexibility index (Phi) is 6.70. The summed E-state index contributed by atoms with van der Waals surface area (Å²) in [6.45, 7) is 6.97. The Morgan fingerprint density at radius 2 is 2.00 bits per heavy atom. The van der Waals surface area contributed by atoms with Crippen LogP contribution in [-0.4, -0.2) is 36.1 Å². The molecule has 1 heterocycles. The summed E-state index contributed by atoms with van der Waals surface area (Å²) < 4.78 is 6.01. The molecule has 2 fully saturated rings. The molecule has 0 bridgehead atoms. The SMILES string of the molecule is CCCN1CCCC2(C)C(OC(=O)c3ccccc3)CCCC12.Cl. The molecule has 3 unspecified atom stereocenters. The summed E-state index contributed by atoms with van der Waals surface area (Å²) >= 11 is 0. The van der Waals surface area contributed by atoms with Crippen molar-refractivity contribution in [1.82, 2.24) is 4.90 Å². The maximum absolute atomic E-state index is 12.5. The molecule has 0 spiro atoms. The van der Waals surface area contributed by atoms with Gasteiger partial charge in [0.25, 0.3) is 0 Å². The molecule has 1 aliphatic carbocycles. The van der Waals surface area contributed by atoms with Gasteiger partial charge < -0.3 is 4.74 Å². The Morgan fingerprint density at radius 1 is 1.25 bits per heavy atom. The zero-order valence-electron chi connectivity index (χ0n) is 14.9. The number of likely N-dealkylation sites (tertiary alicyclic amines) is 1. The number of esters is 1. The van der Waals surface area contributed by atoms with Gasteiger partial charge in [-0.15, -0.1) is 12.4 Å². The van der Waals surface area contributed by atoms with Crippen LogP contribution in [0.3, 0.4) is 0 Å². The van der Waals surface area contributed by atoms with Gasteiger partial charge in [-0.2, -0.15) is 0 Å². The number of rotatable bonds is 4. The molecule has 1 aliphatic heterocycles. The van der Waals surface area contributed by atoms with Crippen LogP contribution in [-0.2, 0) is 4.74 Å². The highest BCUT2D eigenvalue weighted by Gasteiger charge is 2.49. The fourth-order valence-electron chi connectivity index (χ4n) is 4.64. The highest BCUT2D eigenvalue weighted by molar-refractivity contribution is 5.89. The highest BCUT2D eigenvalue weighted by Crippen LogP contribution is 2.47. The molecule has 3 nitrogen and oxygen atoms in total. The van der Waals surface area contributed by atoms with Crippen molar-refractivity contribution in [2.45, 2.75) is 64.5 Å². The molecule has 2 aliphatic rings. The van der Waals surface area contributed by atoms with Crippen LogP contribution in [0.15, 0.2) is 30.3 Å². The summed E-state index contributed by atoms with van der Waals surface area (Å²) in [4.78, 5) is 15.1. The van der Waals surface area contributed by atoms with Gasteiger partial charge in [-0.3, -0.25) is 4.90 Å². The van der Waals surface area contributed by atoms with Crippen molar-refractivity contribution in [3.63, 3.8) is 0 Å². The second-order valence-corrected chi connectivity index (χ2v) is 7.35. The maximum Gasteiger partial charge on any atom is 0.338 e. The molecule has 4 heteroatoms. The molecule has 134 valence electrons. The van der Waals surface area contributed by atoms with Crippen molar-refractivity contribution in [3.05, 3.63) is 35.9 Å². The first kappa shape index (κ1) is 19.3. The number of carbonyl (C=O) groups is 1. The van der Waals surface area contributed by atoms with E-state index in [0.29, 0.717) is 11.6 Å². The summed E-state index contributed by atoms with van der Waals surface area (Å²) in [5.74, 6) is -0.162. The van der Waals surface area contributed by atoms with E-state index in [1.807, 2.05) is 30.3 Å². The van der Waals surface area contributed by atoms with Gasteiger partial charge in [-0.25, -0.2) is 4.79 Å². The quantitative estimate of drug-likeness (QED) is 0.736. The molecule has 1 saturated carbocycles. The van der Waals surface area contributed by atoms with Crippen LogP contribution in [0.5, 0.6) is 0 Å². The Morgan fingerprint density at radius 3 is 2.71 bits per heavy atom. The van der Waals surface area contributed by atoms with Crippen LogP contribution in [0, 0.1) is 5.41 Å². The van der Waals surface area contributed by atoms with Crippen molar-refractivity contribution in [2.24, 2.45) is 5.41 Å².